The molecule has 3 nitrogen and oxygen atoms in total. The largest absolute Gasteiger partial charge is 0.478 e. The lowest BCUT2D eigenvalue weighted by Crippen LogP contribution is -2.13. The molecule has 110 valence electrons. The first kappa shape index (κ1) is 15.6. The minimum atomic E-state index is -4.80. The van der Waals surface area contributed by atoms with Crippen LogP contribution in [0.4, 0.5) is 13.2 Å². The maximum absolute atomic E-state index is 12.7. The molecule has 0 spiro atoms. The molecule has 8 heteroatoms. The number of pyridine rings is 1. The van der Waals surface area contributed by atoms with Crippen molar-refractivity contribution in [1.82, 2.24) is 4.98 Å². The van der Waals surface area contributed by atoms with Gasteiger partial charge >= 0.3 is 12.1 Å². The molecule has 21 heavy (non-hydrogen) atoms. The molecule has 2 rings (SSSR count). The summed E-state index contributed by atoms with van der Waals surface area (Å²) < 4.78 is 38.2. The molecule has 0 saturated heterocycles. The predicted octanol–water partition coefficient (Wildman–Crippen LogP) is 4.77. The van der Waals surface area contributed by atoms with Gasteiger partial charge in [-0.1, -0.05) is 23.2 Å². The fraction of sp³-hybridized carbons (Fsp3) is 0.0769. The predicted molar refractivity (Wildman–Crippen MR) is 71.7 cm³/mol. The number of alkyl halides is 3. The van der Waals surface area contributed by atoms with Crippen LogP contribution in [0.25, 0.3) is 11.3 Å². The monoisotopic (exact) mass is 335 g/mol. The summed E-state index contributed by atoms with van der Waals surface area (Å²) in [6, 6.07) is 5.15. The first-order valence-corrected chi connectivity index (χ1v) is 6.21. The lowest BCUT2D eigenvalue weighted by atomic mass is 10.0. The number of aromatic carboxylic acids is 1. The summed E-state index contributed by atoms with van der Waals surface area (Å²) in [5, 5.41) is 9.43. The molecule has 0 amide bonds. The summed E-state index contributed by atoms with van der Waals surface area (Å²) in [5.74, 6) is -1.70. The van der Waals surface area contributed by atoms with Crippen LogP contribution in [0.15, 0.2) is 30.5 Å². The molecule has 1 aromatic heterocycles. The summed E-state index contributed by atoms with van der Waals surface area (Å²) in [4.78, 5) is 14.6. The van der Waals surface area contributed by atoms with Gasteiger partial charge in [0.2, 0.25) is 0 Å². The number of carbonyl (C=O) groups is 1. The number of nitrogens with zero attached hydrogens (tertiary/aromatic N) is 1. The number of hydrogen-bond donors (Lipinski definition) is 1. The molecule has 1 N–H and O–H groups in total. The number of carboxylic acids is 1. The second-order valence-electron chi connectivity index (χ2n) is 4.04. The Morgan fingerprint density at radius 3 is 2.38 bits per heavy atom. The number of rotatable bonds is 2. The van der Waals surface area contributed by atoms with Crippen molar-refractivity contribution in [2.45, 2.75) is 6.18 Å². The summed E-state index contributed by atoms with van der Waals surface area (Å²) in [5.41, 5.74) is -1.90. The molecule has 0 radical (unpaired) electrons. The van der Waals surface area contributed by atoms with E-state index >= 15 is 0 Å². The Labute approximate surface area is 126 Å². The number of carboxylic acid groups (broad SMARTS) is 1. The fourth-order valence-electron chi connectivity index (χ4n) is 1.70. The lowest BCUT2D eigenvalue weighted by Gasteiger charge is -2.11. The average molecular weight is 336 g/mol. The SMILES string of the molecule is O=C(O)c1cc(-c2ccc(Cl)cc2Cl)ncc1C(F)(F)F. The van der Waals surface area contributed by atoms with E-state index in [-0.39, 0.29) is 16.3 Å². The minimum Gasteiger partial charge on any atom is -0.478 e. The highest BCUT2D eigenvalue weighted by Gasteiger charge is 2.36. The molecule has 0 aliphatic rings. The molecule has 0 fully saturated rings. The normalized spacial score (nSPS) is 11.5. The number of benzene rings is 1. The van der Waals surface area contributed by atoms with Gasteiger partial charge in [0.05, 0.1) is 21.8 Å². The van der Waals surface area contributed by atoms with Crippen LogP contribution >= 0.6 is 23.2 Å². The Morgan fingerprint density at radius 1 is 1.19 bits per heavy atom. The molecular weight excluding hydrogens is 330 g/mol. The van der Waals surface area contributed by atoms with E-state index in [2.05, 4.69) is 4.98 Å². The molecule has 2 aromatic rings. The quantitative estimate of drug-likeness (QED) is 0.859. The third-order valence-electron chi connectivity index (χ3n) is 2.65. The highest BCUT2D eigenvalue weighted by atomic mass is 35.5. The Kier molecular flexibility index (Phi) is 4.11. The number of aromatic nitrogens is 1. The zero-order chi connectivity index (χ0) is 15.8. The third kappa shape index (κ3) is 3.28. The Morgan fingerprint density at radius 2 is 1.86 bits per heavy atom. The van der Waals surface area contributed by atoms with Crippen LogP contribution in [-0.2, 0) is 6.18 Å². The Balaban J connectivity index is 2.62. The van der Waals surface area contributed by atoms with Gasteiger partial charge in [-0.05, 0) is 24.3 Å². The molecule has 0 saturated carbocycles. The first-order chi connectivity index (χ1) is 9.70. The first-order valence-electron chi connectivity index (χ1n) is 5.46. The number of halogens is 5. The van der Waals surface area contributed by atoms with Gasteiger partial charge in [-0.15, -0.1) is 0 Å². The van der Waals surface area contributed by atoms with Crippen molar-refractivity contribution in [3.05, 3.63) is 51.6 Å². The van der Waals surface area contributed by atoms with Crippen molar-refractivity contribution in [3.63, 3.8) is 0 Å². The maximum Gasteiger partial charge on any atom is 0.418 e. The van der Waals surface area contributed by atoms with Crippen LogP contribution in [-0.4, -0.2) is 16.1 Å². The number of hydrogen-bond acceptors (Lipinski definition) is 2. The van der Waals surface area contributed by atoms with Crippen molar-refractivity contribution in [1.29, 1.82) is 0 Å². The molecular formula is C13H6Cl2F3NO2. The van der Waals surface area contributed by atoms with Crippen LogP contribution < -0.4 is 0 Å². The van der Waals surface area contributed by atoms with Gasteiger partial charge < -0.3 is 5.11 Å². The van der Waals surface area contributed by atoms with Crippen LogP contribution in [0.2, 0.25) is 10.0 Å². The van der Waals surface area contributed by atoms with Gasteiger partial charge in [-0.2, -0.15) is 13.2 Å². The fourth-order valence-corrected chi connectivity index (χ4v) is 2.21. The van der Waals surface area contributed by atoms with Crippen LogP contribution in [0, 0.1) is 0 Å². The Hall–Kier alpha value is -1.79. The van der Waals surface area contributed by atoms with Crippen molar-refractivity contribution >= 4 is 29.2 Å². The maximum atomic E-state index is 12.7. The van der Waals surface area contributed by atoms with E-state index in [9.17, 15) is 18.0 Å². The summed E-state index contributed by atoms with van der Waals surface area (Å²) >= 11 is 11.7. The zero-order valence-electron chi connectivity index (χ0n) is 10.1. The van der Waals surface area contributed by atoms with E-state index in [1.807, 2.05) is 0 Å². The van der Waals surface area contributed by atoms with E-state index in [0.717, 1.165) is 6.07 Å². The van der Waals surface area contributed by atoms with Crippen LogP contribution in [0.1, 0.15) is 15.9 Å². The summed E-state index contributed by atoms with van der Waals surface area (Å²) in [7, 11) is 0. The summed E-state index contributed by atoms with van der Waals surface area (Å²) in [6.45, 7) is 0. The van der Waals surface area contributed by atoms with E-state index < -0.39 is 23.3 Å². The third-order valence-corrected chi connectivity index (χ3v) is 3.19. The van der Waals surface area contributed by atoms with Crippen molar-refractivity contribution < 1.29 is 23.1 Å². The molecule has 0 aliphatic carbocycles. The van der Waals surface area contributed by atoms with Crippen LogP contribution in [0.3, 0.4) is 0 Å². The smallest absolute Gasteiger partial charge is 0.418 e. The van der Waals surface area contributed by atoms with Crippen molar-refractivity contribution in [2.24, 2.45) is 0 Å². The molecule has 0 atom stereocenters. The molecule has 0 bridgehead atoms. The van der Waals surface area contributed by atoms with Gasteiger partial charge in [0.15, 0.2) is 0 Å². The second-order valence-corrected chi connectivity index (χ2v) is 4.89. The van der Waals surface area contributed by atoms with Gasteiger partial charge in [0.1, 0.15) is 0 Å². The zero-order valence-corrected chi connectivity index (χ0v) is 11.6. The van der Waals surface area contributed by atoms with Crippen molar-refractivity contribution in [3.8, 4) is 11.3 Å². The molecule has 0 aliphatic heterocycles. The summed E-state index contributed by atoms with van der Waals surface area (Å²) in [6.07, 6.45) is -4.33. The van der Waals surface area contributed by atoms with Gasteiger partial charge in [-0.3, -0.25) is 4.98 Å². The highest BCUT2D eigenvalue weighted by Crippen LogP contribution is 2.35. The van der Waals surface area contributed by atoms with Gasteiger partial charge in [-0.25, -0.2) is 4.79 Å². The topological polar surface area (TPSA) is 50.2 Å². The molecule has 1 heterocycles. The lowest BCUT2D eigenvalue weighted by molar-refractivity contribution is -0.138. The standard InChI is InChI=1S/C13H6Cl2F3NO2/c14-6-1-2-7(10(15)3-6)11-4-8(12(20)21)9(5-19-11)13(16,17)18/h1-5H,(H,20,21). The van der Waals surface area contributed by atoms with Crippen LogP contribution in [0.5, 0.6) is 0 Å². The minimum absolute atomic E-state index is 0.0158. The van der Waals surface area contributed by atoms with Gasteiger partial charge in [0, 0.05) is 16.8 Å². The van der Waals surface area contributed by atoms with E-state index in [0.29, 0.717) is 11.2 Å². The average Bonchev–Trinajstić information content (AvgIpc) is 2.37. The van der Waals surface area contributed by atoms with Gasteiger partial charge in [0.25, 0.3) is 0 Å². The highest BCUT2D eigenvalue weighted by molar-refractivity contribution is 6.36. The van der Waals surface area contributed by atoms with E-state index in [4.69, 9.17) is 28.3 Å². The van der Waals surface area contributed by atoms with Crippen molar-refractivity contribution in [2.75, 3.05) is 0 Å². The molecule has 0 unspecified atom stereocenters. The second kappa shape index (κ2) is 5.54. The Bertz CT molecular complexity index is 717. The van der Waals surface area contributed by atoms with E-state index in [1.165, 1.54) is 18.2 Å². The van der Waals surface area contributed by atoms with E-state index in [1.54, 1.807) is 0 Å². The molecule has 1 aromatic carbocycles.